The Bertz CT molecular complexity index is 356. The third-order valence-corrected chi connectivity index (χ3v) is 3.81. The van der Waals surface area contributed by atoms with Gasteiger partial charge in [0.15, 0.2) is 0 Å². The van der Waals surface area contributed by atoms with Crippen LogP contribution in [0.2, 0.25) is 0 Å². The Kier molecular flexibility index (Phi) is 5.20. The molecule has 1 atom stereocenters. The van der Waals surface area contributed by atoms with Crippen molar-refractivity contribution >= 4 is 5.82 Å². The molecular formula is C16H27N3. The highest BCUT2D eigenvalue weighted by molar-refractivity contribution is 5.38. The van der Waals surface area contributed by atoms with E-state index in [4.69, 9.17) is 0 Å². The SMILES string of the molecule is CC(C)CC(C)NC1CCN(c2ccccn2)CC1. The number of pyridine rings is 1. The van der Waals surface area contributed by atoms with Crippen molar-refractivity contribution in [3.05, 3.63) is 24.4 Å². The monoisotopic (exact) mass is 261 g/mol. The maximum Gasteiger partial charge on any atom is 0.128 e. The van der Waals surface area contributed by atoms with Gasteiger partial charge in [-0.3, -0.25) is 0 Å². The number of nitrogens with zero attached hydrogens (tertiary/aromatic N) is 2. The molecule has 1 unspecified atom stereocenters. The first kappa shape index (κ1) is 14.3. The highest BCUT2D eigenvalue weighted by Gasteiger charge is 2.21. The lowest BCUT2D eigenvalue weighted by Crippen LogP contribution is -2.46. The first-order chi connectivity index (χ1) is 9.15. The third-order valence-electron chi connectivity index (χ3n) is 3.81. The van der Waals surface area contributed by atoms with E-state index < -0.39 is 0 Å². The normalized spacial score (nSPS) is 18.8. The highest BCUT2D eigenvalue weighted by Crippen LogP contribution is 2.18. The Balaban J connectivity index is 1.76. The van der Waals surface area contributed by atoms with Crippen LogP contribution >= 0.6 is 0 Å². The molecule has 1 aromatic heterocycles. The first-order valence-corrected chi connectivity index (χ1v) is 7.57. The van der Waals surface area contributed by atoms with E-state index in [9.17, 15) is 0 Å². The minimum absolute atomic E-state index is 0.631. The van der Waals surface area contributed by atoms with Gasteiger partial charge in [-0.1, -0.05) is 19.9 Å². The predicted molar refractivity (Wildman–Crippen MR) is 81.5 cm³/mol. The molecule has 1 fully saturated rings. The average molecular weight is 261 g/mol. The number of nitrogens with one attached hydrogen (secondary N) is 1. The van der Waals surface area contributed by atoms with Gasteiger partial charge >= 0.3 is 0 Å². The molecule has 1 aliphatic rings. The molecule has 1 N–H and O–H groups in total. The lowest BCUT2D eigenvalue weighted by molar-refractivity contribution is 0.345. The molecule has 0 bridgehead atoms. The average Bonchev–Trinajstić information content (AvgIpc) is 2.39. The van der Waals surface area contributed by atoms with Gasteiger partial charge in [-0.05, 0) is 44.2 Å². The molecule has 1 aliphatic heterocycles. The molecule has 3 heteroatoms. The highest BCUT2D eigenvalue weighted by atomic mass is 15.2. The molecule has 1 aromatic rings. The second kappa shape index (κ2) is 6.90. The van der Waals surface area contributed by atoms with E-state index in [0.29, 0.717) is 12.1 Å². The molecule has 106 valence electrons. The number of aromatic nitrogens is 1. The number of piperidine rings is 1. The number of hydrogen-bond acceptors (Lipinski definition) is 3. The standard InChI is InChI=1S/C16H27N3/c1-13(2)12-14(3)18-15-7-10-19(11-8-15)16-6-4-5-9-17-16/h4-6,9,13-15,18H,7-8,10-12H2,1-3H3. The van der Waals surface area contributed by atoms with Gasteiger partial charge in [0.05, 0.1) is 0 Å². The van der Waals surface area contributed by atoms with Crippen LogP contribution in [-0.4, -0.2) is 30.2 Å². The molecule has 2 rings (SSSR count). The summed E-state index contributed by atoms with van der Waals surface area (Å²) in [5, 5.41) is 3.78. The van der Waals surface area contributed by atoms with Gasteiger partial charge in [-0.15, -0.1) is 0 Å². The summed E-state index contributed by atoms with van der Waals surface area (Å²) in [5.41, 5.74) is 0. The van der Waals surface area contributed by atoms with E-state index in [1.54, 1.807) is 0 Å². The van der Waals surface area contributed by atoms with Crippen LogP contribution in [0.5, 0.6) is 0 Å². The Labute approximate surface area is 117 Å². The van der Waals surface area contributed by atoms with E-state index in [1.165, 1.54) is 19.3 Å². The molecule has 3 nitrogen and oxygen atoms in total. The fourth-order valence-electron chi connectivity index (χ4n) is 2.99. The van der Waals surface area contributed by atoms with Gasteiger partial charge in [0.2, 0.25) is 0 Å². The van der Waals surface area contributed by atoms with Crippen molar-refractivity contribution in [3.8, 4) is 0 Å². The third kappa shape index (κ3) is 4.50. The first-order valence-electron chi connectivity index (χ1n) is 7.57. The van der Waals surface area contributed by atoms with Crippen LogP contribution in [0.1, 0.15) is 40.0 Å². The van der Waals surface area contributed by atoms with E-state index in [0.717, 1.165) is 24.8 Å². The van der Waals surface area contributed by atoms with Gasteiger partial charge in [0, 0.05) is 31.4 Å². The largest absolute Gasteiger partial charge is 0.357 e. The zero-order valence-corrected chi connectivity index (χ0v) is 12.5. The van der Waals surface area contributed by atoms with Crippen LogP contribution in [0.3, 0.4) is 0 Å². The lowest BCUT2D eigenvalue weighted by Gasteiger charge is -2.34. The van der Waals surface area contributed by atoms with Crippen molar-refractivity contribution in [2.45, 2.75) is 52.1 Å². The van der Waals surface area contributed by atoms with Crippen LogP contribution in [-0.2, 0) is 0 Å². The summed E-state index contributed by atoms with van der Waals surface area (Å²) in [4.78, 5) is 6.83. The van der Waals surface area contributed by atoms with Crippen LogP contribution in [0.25, 0.3) is 0 Å². The molecule has 0 aliphatic carbocycles. The summed E-state index contributed by atoms with van der Waals surface area (Å²) >= 11 is 0. The molecule has 0 aromatic carbocycles. The molecule has 0 saturated carbocycles. The van der Waals surface area contributed by atoms with Crippen LogP contribution in [0.15, 0.2) is 24.4 Å². The molecular weight excluding hydrogens is 234 g/mol. The minimum atomic E-state index is 0.631. The fourth-order valence-corrected chi connectivity index (χ4v) is 2.99. The topological polar surface area (TPSA) is 28.2 Å². The van der Waals surface area contributed by atoms with Crippen molar-refractivity contribution in [1.82, 2.24) is 10.3 Å². The summed E-state index contributed by atoms with van der Waals surface area (Å²) in [7, 11) is 0. The maximum absolute atomic E-state index is 4.43. The van der Waals surface area contributed by atoms with E-state index in [2.05, 4.69) is 48.1 Å². The maximum atomic E-state index is 4.43. The zero-order valence-electron chi connectivity index (χ0n) is 12.5. The van der Waals surface area contributed by atoms with Gasteiger partial charge in [0.1, 0.15) is 5.82 Å². The molecule has 0 amide bonds. The number of hydrogen-bond donors (Lipinski definition) is 1. The molecule has 1 saturated heterocycles. The summed E-state index contributed by atoms with van der Waals surface area (Å²) in [5.74, 6) is 1.90. The van der Waals surface area contributed by atoms with Gasteiger partial charge < -0.3 is 10.2 Å². The molecule has 2 heterocycles. The van der Waals surface area contributed by atoms with E-state index in [1.807, 2.05) is 12.3 Å². The Hall–Kier alpha value is -1.09. The van der Waals surface area contributed by atoms with Gasteiger partial charge in [-0.25, -0.2) is 4.98 Å². The second-order valence-electron chi connectivity index (χ2n) is 6.15. The van der Waals surface area contributed by atoms with Crippen LogP contribution < -0.4 is 10.2 Å². The van der Waals surface area contributed by atoms with Gasteiger partial charge in [0.25, 0.3) is 0 Å². The summed E-state index contributed by atoms with van der Waals surface area (Å²) in [6.07, 6.45) is 5.59. The Morgan fingerprint density at radius 1 is 1.26 bits per heavy atom. The summed E-state index contributed by atoms with van der Waals surface area (Å²) < 4.78 is 0. The zero-order chi connectivity index (χ0) is 13.7. The minimum Gasteiger partial charge on any atom is -0.357 e. The van der Waals surface area contributed by atoms with Crippen molar-refractivity contribution in [2.75, 3.05) is 18.0 Å². The molecule has 0 spiro atoms. The van der Waals surface area contributed by atoms with Crippen molar-refractivity contribution in [2.24, 2.45) is 5.92 Å². The lowest BCUT2D eigenvalue weighted by atomic mass is 10.0. The van der Waals surface area contributed by atoms with Crippen LogP contribution in [0.4, 0.5) is 5.82 Å². The Morgan fingerprint density at radius 2 is 2.00 bits per heavy atom. The predicted octanol–water partition coefficient (Wildman–Crippen LogP) is 3.07. The number of rotatable bonds is 5. The summed E-state index contributed by atoms with van der Waals surface area (Å²) in [6, 6.07) is 7.46. The van der Waals surface area contributed by atoms with Crippen LogP contribution in [0, 0.1) is 5.92 Å². The quantitative estimate of drug-likeness (QED) is 0.883. The fraction of sp³-hybridized carbons (Fsp3) is 0.688. The van der Waals surface area contributed by atoms with Crippen molar-refractivity contribution < 1.29 is 0 Å². The summed E-state index contributed by atoms with van der Waals surface area (Å²) in [6.45, 7) is 9.13. The van der Waals surface area contributed by atoms with Gasteiger partial charge in [-0.2, -0.15) is 0 Å². The van der Waals surface area contributed by atoms with E-state index >= 15 is 0 Å². The van der Waals surface area contributed by atoms with Crippen molar-refractivity contribution in [3.63, 3.8) is 0 Å². The smallest absolute Gasteiger partial charge is 0.128 e. The van der Waals surface area contributed by atoms with Crippen molar-refractivity contribution in [1.29, 1.82) is 0 Å². The Morgan fingerprint density at radius 3 is 2.58 bits per heavy atom. The molecule has 19 heavy (non-hydrogen) atoms. The molecule has 0 radical (unpaired) electrons. The second-order valence-corrected chi connectivity index (χ2v) is 6.15. The number of anilines is 1. The van der Waals surface area contributed by atoms with E-state index in [-0.39, 0.29) is 0 Å².